The maximum Gasteiger partial charge on any atom is 0.260 e. The van der Waals surface area contributed by atoms with Crippen molar-refractivity contribution >= 4 is 17.5 Å². The summed E-state index contributed by atoms with van der Waals surface area (Å²) in [5.41, 5.74) is 3.21. The Morgan fingerprint density at radius 2 is 2.06 bits per heavy atom. The second kappa shape index (κ2) is 8.63. The topological polar surface area (TPSA) is 101 Å². The van der Waals surface area contributed by atoms with Crippen molar-refractivity contribution in [1.29, 1.82) is 0 Å². The summed E-state index contributed by atoms with van der Waals surface area (Å²) < 4.78 is 7.79. The molecule has 3 aromatic heterocycles. The van der Waals surface area contributed by atoms with Crippen LogP contribution in [0, 0.1) is 0 Å². The predicted octanol–water partition coefficient (Wildman–Crippen LogP) is 2.52. The van der Waals surface area contributed by atoms with Gasteiger partial charge in [-0.2, -0.15) is 0 Å². The van der Waals surface area contributed by atoms with Gasteiger partial charge >= 0.3 is 0 Å². The highest BCUT2D eigenvalue weighted by molar-refractivity contribution is 6.10. The first-order chi connectivity index (χ1) is 17.4. The van der Waals surface area contributed by atoms with Crippen molar-refractivity contribution in [1.82, 2.24) is 30.0 Å². The van der Waals surface area contributed by atoms with Gasteiger partial charge in [0.1, 0.15) is 23.2 Å². The van der Waals surface area contributed by atoms with Crippen LogP contribution in [-0.2, 0) is 29.8 Å². The molecule has 188 valence electrons. The quantitative estimate of drug-likeness (QED) is 0.585. The molecule has 36 heavy (non-hydrogen) atoms. The number of ether oxygens (including phenoxy) is 1. The van der Waals surface area contributed by atoms with E-state index in [-0.39, 0.29) is 17.5 Å². The number of rotatable bonds is 5. The van der Waals surface area contributed by atoms with Crippen LogP contribution in [0.5, 0.6) is 0 Å². The summed E-state index contributed by atoms with van der Waals surface area (Å²) in [6, 6.07) is 7.90. The van der Waals surface area contributed by atoms with E-state index in [0.29, 0.717) is 37.7 Å². The van der Waals surface area contributed by atoms with Gasteiger partial charge in [-0.1, -0.05) is 6.07 Å². The lowest BCUT2D eigenvalue weighted by Gasteiger charge is -2.34. The number of anilines is 2. The van der Waals surface area contributed by atoms with E-state index in [1.54, 1.807) is 4.90 Å². The van der Waals surface area contributed by atoms with Crippen molar-refractivity contribution < 1.29 is 9.53 Å². The summed E-state index contributed by atoms with van der Waals surface area (Å²) in [5.74, 6) is 3.12. The van der Waals surface area contributed by atoms with Gasteiger partial charge < -0.3 is 19.5 Å². The molecule has 1 saturated heterocycles. The van der Waals surface area contributed by atoms with Gasteiger partial charge in [0.15, 0.2) is 5.82 Å². The molecular weight excluding hydrogens is 456 g/mol. The molecule has 0 unspecified atom stereocenters. The number of nitrogens with one attached hydrogen (secondary N) is 1. The average molecular weight is 489 g/mol. The summed E-state index contributed by atoms with van der Waals surface area (Å²) in [4.78, 5) is 27.6. The molecule has 0 bridgehead atoms. The molecule has 3 aliphatic heterocycles. The molecule has 0 spiro atoms. The molecule has 0 aliphatic carbocycles. The Hall–Kier alpha value is -3.37. The number of nitrogens with zero attached hydrogens (tertiary/aromatic N) is 7. The number of hydrogen-bond donors (Lipinski definition) is 1. The fourth-order valence-electron chi connectivity index (χ4n) is 5.57. The largest absolute Gasteiger partial charge is 0.377 e. The van der Waals surface area contributed by atoms with E-state index in [0.717, 1.165) is 53.8 Å². The van der Waals surface area contributed by atoms with Crippen molar-refractivity contribution in [2.45, 2.75) is 58.3 Å². The smallest absolute Gasteiger partial charge is 0.260 e. The standard InChI is InChI=1S/C26H32N8O2/c1-16-15-36-11-10-32(16)23-12-17-18(20(29-23)13-27-4)14-33(25(17)35)21-7-5-6-19(28-21)24-31-30-22-8-9-26(2,3)34(22)24/h5-7,12,16,27H,8-11,13-15H2,1-4H3/t16-/m1/s1. The minimum atomic E-state index is -0.0632. The number of aromatic nitrogens is 5. The minimum absolute atomic E-state index is 0.0524. The number of carbonyl (C=O) groups is 1. The highest BCUT2D eigenvalue weighted by Gasteiger charge is 2.36. The molecule has 1 fully saturated rings. The van der Waals surface area contributed by atoms with Crippen LogP contribution in [-0.4, -0.2) is 63.5 Å². The lowest BCUT2D eigenvalue weighted by molar-refractivity contribution is 0.0983. The second-order valence-electron chi connectivity index (χ2n) is 10.5. The molecule has 0 radical (unpaired) electrons. The van der Waals surface area contributed by atoms with Gasteiger partial charge in [-0.15, -0.1) is 10.2 Å². The van der Waals surface area contributed by atoms with Gasteiger partial charge in [0.2, 0.25) is 0 Å². The molecule has 3 aliphatic rings. The molecule has 1 atom stereocenters. The van der Waals surface area contributed by atoms with Crippen LogP contribution in [0.4, 0.5) is 11.6 Å². The fraction of sp³-hybridized carbons (Fsp3) is 0.500. The predicted molar refractivity (Wildman–Crippen MR) is 136 cm³/mol. The third-order valence-corrected chi connectivity index (χ3v) is 7.53. The van der Waals surface area contributed by atoms with Gasteiger partial charge in [0.25, 0.3) is 5.91 Å². The Balaban J connectivity index is 1.36. The summed E-state index contributed by atoms with van der Waals surface area (Å²) in [7, 11) is 1.90. The maximum absolute atomic E-state index is 13.7. The van der Waals surface area contributed by atoms with Gasteiger partial charge in [-0.05, 0) is 52.4 Å². The van der Waals surface area contributed by atoms with Crippen molar-refractivity contribution in [2.75, 3.05) is 36.6 Å². The van der Waals surface area contributed by atoms with Crippen molar-refractivity contribution in [3.05, 3.63) is 46.9 Å². The summed E-state index contributed by atoms with van der Waals surface area (Å²) in [6.45, 7) is 9.62. The van der Waals surface area contributed by atoms with E-state index in [4.69, 9.17) is 14.7 Å². The molecule has 0 aromatic carbocycles. The van der Waals surface area contributed by atoms with Crippen LogP contribution >= 0.6 is 0 Å². The molecular formula is C26H32N8O2. The molecule has 1 amide bonds. The van der Waals surface area contributed by atoms with E-state index < -0.39 is 0 Å². The molecule has 3 aromatic rings. The minimum Gasteiger partial charge on any atom is -0.377 e. The molecule has 10 nitrogen and oxygen atoms in total. The Bertz CT molecular complexity index is 1330. The number of aryl methyl sites for hydroxylation is 1. The first-order valence-electron chi connectivity index (χ1n) is 12.6. The summed E-state index contributed by atoms with van der Waals surface area (Å²) in [6.07, 6.45) is 1.93. The van der Waals surface area contributed by atoms with E-state index in [2.05, 4.69) is 45.8 Å². The van der Waals surface area contributed by atoms with Crippen molar-refractivity contribution in [3.63, 3.8) is 0 Å². The van der Waals surface area contributed by atoms with Gasteiger partial charge in [-0.25, -0.2) is 9.97 Å². The maximum atomic E-state index is 13.7. The van der Waals surface area contributed by atoms with Crippen LogP contribution in [0.25, 0.3) is 11.5 Å². The Labute approximate surface area is 210 Å². The number of pyridine rings is 2. The highest BCUT2D eigenvalue weighted by Crippen LogP contribution is 2.36. The number of amides is 1. The fourth-order valence-corrected chi connectivity index (χ4v) is 5.57. The van der Waals surface area contributed by atoms with Gasteiger partial charge in [0.05, 0.1) is 37.1 Å². The normalized spacial score (nSPS) is 20.7. The SMILES string of the molecule is CNCc1nc(N2CCOC[C@H]2C)cc2c1CN(c1cccc(-c3nnc4n3C(C)(C)CC4)n1)C2=O. The van der Waals surface area contributed by atoms with Crippen molar-refractivity contribution in [3.8, 4) is 11.5 Å². The van der Waals surface area contributed by atoms with E-state index in [1.807, 2.05) is 31.3 Å². The average Bonchev–Trinajstić information content (AvgIpc) is 3.54. The van der Waals surface area contributed by atoms with Crippen LogP contribution in [0.3, 0.4) is 0 Å². The van der Waals surface area contributed by atoms with E-state index in [1.165, 1.54) is 0 Å². The zero-order valence-corrected chi connectivity index (χ0v) is 21.3. The number of fused-ring (bicyclic) bond motifs is 2. The Kier molecular flexibility index (Phi) is 5.53. The first-order valence-corrected chi connectivity index (χ1v) is 12.6. The highest BCUT2D eigenvalue weighted by atomic mass is 16.5. The zero-order chi connectivity index (χ0) is 25.0. The first kappa shape index (κ1) is 23.1. The number of carbonyl (C=O) groups excluding carboxylic acids is 1. The Morgan fingerprint density at radius 1 is 1.19 bits per heavy atom. The van der Waals surface area contributed by atoms with E-state index in [9.17, 15) is 4.79 Å². The molecule has 0 saturated carbocycles. The molecule has 1 N–H and O–H groups in total. The van der Waals surface area contributed by atoms with Crippen molar-refractivity contribution in [2.24, 2.45) is 0 Å². The molecule has 10 heteroatoms. The number of morpholine rings is 1. The summed E-state index contributed by atoms with van der Waals surface area (Å²) >= 11 is 0. The van der Waals surface area contributed by atoms with Gasteiger partial charge in [-0.3, -0.25) is 9.69 Å². The summed E-state index contributed by atoms with van der Waals surface area (Å²) in [5, 5.41) is 12.1. The third kappa shape index (κ3) is 3.67. The zero-order valence-electron chi connectivity index (χ0n) is 21.3. The third-order valence-electron chi connectivity index (χ3n) is 7.53. The van der Waals surface area contributed by atoms with E-state index >= 15 is 0 Å². The van der Waals surface area contributed by atoms with Gasteiger partial charge in [0, 0.05) is 30.6 Å². The lowest BCUT2D eigenvalue weighted by Crippen LogP contribution is -2.44. The molecule has 6 rings (SSSR count). The van der Waals surface area contributed by atoms with Crippen LogP contribution in [0.1, 0.15) is 54.6 Å². The van der Waals surface area contributed by atoms with Crippen LogP contribution in [0.2, 0.25) is 0 Å². The Morgan fingerprint density at radius 3 is 2.86 bits per heavy atom. The lowest BCUT2D eigenvalue weighted by atomic mass is 10.0. The van der Waals surface area contributed by atoms with Crippen LogP contribution < -0.4 is 15.1 Å². The number of hydrogen-bond acceptors (Lipinski definition) is 8. The van der Waals surface area contributed by atoms with Crippen LogP contribution in [0.15, 0.2) is 24.3 Å². The second-order valence-corrected chi connectivity index (χ2v) is 10.5. The molecule has 6 heterocycles. The monoisotopic (exact) mass is 488 g/mol.